The van der Waals surface area contributed by atoms with Crippen molar-refractivity contribution in [3.63, 3.8) is 0 Å². The fourth-order valence-corrected chi connectivity index (χ4v) is 17.3. The molecule has 0 fully saturated rings. The molecule has 0 radical (unpaired) electrons. The minimum absolute atomic E-state index is 0.725. The molecule has 6 heteroatoms. The molecule has 1 spiro atoms. The number of fused-ring (bicyclic) bond motifs is 18. The van der Waals surface area contributed by atoms with E-state index in [1.54, 1.807) is 0 Å². The fraction of sp³-hybridized carbons (Fsp3) is 0.0118. The first kappa shape index (κ1) is 51.7. The molecular weight excluding hydrogens is 1150 g/mol. The predicted molar refractivity (Wildman–Crippen MR) is 383 cm³/mol. The van der Waals surface area contributed by atoms with Crippen LogP contribution in [0.2, 0.25) is 0 Å². The van der Waals surface area contributed by atoms with E-state index in [-0.39, 0.29) is 0 Å². The number of thiophene rings is 2. The second-order valence-electron chi connectivity index (χ2n) is 23.8. The minimum Gasteiger partial charge on any atom is -0.457 e. The standard InChI is InChI=1S/C85H52N2O2S2/c1-5-23-53(24-6-1)64-49-59(50-68-60-31-13-18-36-75(60)89-84(64)68)86(56-27-9-3-10-28-56)58-42-44-70-66(48-58)65-47-55(41-43-69(65)85(70)71-34-16-19-37-76(71)88-77-38-20-17-35-72(77)85)63-52-81-67(61-32-14-21-39-78(61)91-81)51-74(63)87(57-29-11-4-12-30-57)73-45-46-80-83(62-33-15-22-40-79(62)90-80)82(73)54-25-7-2-8-26-54/h1-52H. The maximum Gasteiger partial charge on any atom is 0.143 e. The van der Waals surface area contributed by atoms with Gasteiger partial charge in [-0.15, -0.1) is 22.7 Å². The molecule has 0 unspecified atom stereocenters. The second-order valence-corrected chi connectivity index (χ2v) is 25.9. The lowest BCUT2D eigenvalue weighted by molar-refractivity contribution is 0.436. The van der Waals surface area contributed by atoms with E-state index in [1.807, 2.05) is 22.7 Å². The van der Waals surface area contributed by atoms with Gasteiger partial charge in [0.1, 0.15) is 22.7 Å². The van der Waals surface area contributed by atoms with E-state index in [4.69, 9.17) is 9.15 Å². The van der Waals surface area contributed by atoms with Gasteiger partial charge in [0.2, 0.25) is 0 Å². The fourth-order valence-electron chi connectivity index (χ4n) is 15.1. The van der Waals surface area contributed by atoms with E-state index in [0.29, 0.717) is 0 Å². The number of benzene rings is 14. The van der Waals surface area contributed by atoms with E-state index in [0.717, 1.165) is 107 Å². The van der Waals surface area contributed by atoms with Crippen LogP contribution in [-0.2, 0) is 5.41 Å². The van der Waals surface area contributed by atoms with Gasteiger partial charge < -0.3 is 19.0 Å². The van der Waals surface area contributed by atoms with Gasteiger partial charge in [0.15, 0.2) is 0 Å². The van der Waals surface area contributed by atoms with Crippen LogP contribution in [0.15, 0.2) is 320 Å². The number of rotatable bonds is 9. The molecule has 0 amide bonds. The third-order valence-electron chi connectivity index (χ3n) is 18.9. The summed E-state index contributed by atoms with van der Waals surface area (Å²) in [6.45, 7) is 0. The third kappa shape index (κ3) is 7.86. The Morgan fingerprint density at radius 3 is 1.57 bits per heavy atom. The van der Waals surface area contributed by atoms with Crippen LogP contribution in [0.3, 0.4) is 0 Å². The lowest BCUT2D eigenvalue weighted by Gasteiger charge is -2.39. The van der Waals surface area contributed by atoms with Crippen LogP contribution in [0.1, 0.15) is 22.3 Å². The normalized spacial score (nSPS) is 12.8. The van der Waals surface area contributed by atoms with Crippen molar-refractivity contribution in [3.05, 3.63) is 338 Å². The first-order valence-electron chi connectivity index (χ1n) is 31.0. The highest BCUT2D eigenvalue weighted by Gasteiger charge is 2.51. The molecule has 3 aromatic heterocycles. The number of ether oxygens (including phenoxy) is 1. The van der Waals surface area contributed by atoms with Crippen LogP contribution < -0.4 is 14.5 Å². The Bertz CT molecular complexity index is 5730. The average Bonchev–Trinajstić information content (AvgIpc) is 1.56. The summed E-state index contributed by atoms with van der Waals surface area (Å²) in [7, 11) is 0. The average molecular weight is 1200 g/mol. The zero-order valence-corrected chi connectivity index (χ0v) is 50.7. The number of furan rings is 1. The highest BCUT2D eigenvalue weighted by molar-refractivity contribution is 7.26. The molecule has 0 bridgehead atoms. The highest BCUT2D eigenvalue weighted by Crippen LogP contribution is 2.64. The zero-order valence-electron chi connectivity index (χ0n) is 49.0. The monoisotopic (exact) mass is 1200 g/mol. The van der Waals surface area contributed by atoms with Crippen molar-refractivity contribution < 1.29 is 9.15 Å². The summed E-state index contributed by atoms with van der Waals surface area (Å²) in [4.78, 5) is 4.97. The largest absolute Gasteiger partial charge is 0.457 e. The quantitative estimate of drug-likeness (QED) is 0.144. The van der Waals surface area contributed by atoms with Gasteiger partial charge in [0.05, 0.1) is 16.8 Å². The highest BCUT2D eigenvalue weighted by atomic mass is 32.1. The van der Waals surface area contributed by atoms with Gasteiger partial charge in [0, 0.05) is 102 Å². The predicted octanol–water partition coefficient (Wildman–Crippen LogP) is 24.7. The van der Waals surface area contributed by atoms with Gasteiger partial charge in [-0.3, -0.25) is 0 Å². The lowest BCUT2D eigenvalue weighted by Crippen LogP contribution is -2.32. The van der Waals surface area contributed by atoms with E-state index >= 15 is 0 Å². The summed E-state index contributed by atoms with van der Waals surface area (Å²) < 4.78 is 18.7. The van der Waals surface area contributed by atoms with Crippen molar-refractivity contribution >= 4 is 119 Å². The molecule has 1 aliphatic carbocycles. The van der Waals surface area contributed by atoms with Crippen molar-refractivity contribution in [2.75, 3.05) is 9.80 Å². The summed E-state index contributed by atoms with van der Waals surface area (Å²) in [5.41, 5.74) is 21.1. The van der Waals surface area contributed by atoms with Crippen LogP contribution in [0.25, 0.3) is 107 Å². The van der Waals surface area contributed by atoms with Crippen LogP contribution >= 0.6 is 22.7 Å². The molecule has 4 heterocycles. The molecule has 17 aromatic rings. The van der Waals surface area contributed by atoms with Gasteiger partial charge in [0.25, 0.3) is 0 Å². The topological polar surface area (TPSA) is 28.9 Å². The first-order valence-corrected chi connectivity index (χ1v) is 32.6. The van der Waals surface area contributed by atoms with Crippen LogP contribution in [0.4, 0.5) is 34.1 Å². The molecule has 4 nitrogen and oxygen atoms in total. The number of hydrogen-bond donors (Lipinski definition) is 0. The first-order chi connectivity index (χ1) is 45.1. The Morgan fingerprint density at radius 2 is 0.846 bits per heavy atom. The number of para-hydroxylation sites is 5. The molecule has 0 N–H and O–H groups in total. The summed E-state index contributed by atoms with van der Waals surface area (Å²) in [6.07, 6.45) is 0. The van der Waals surface area contributed by atoms with Crippen molar-refractivity contribution in [1.82, 2.24) is 0 Å². The molecule has 0 saturated carbocycles. The summed E-state index contributed by atoms with van der Waals surface area (Å²) >= 11 is 3.72. The zero-order chi connectivity index (χ0) is 59.7. The van der Waals surface area contributed by atoms with Crippen LogP contribution in [-0.4, -0.2) is 0 Å². The van der Waals surface area contributed by atoms with E-state index in [9.17, 15) is 0 Å². The smallest absolute Gasteiger partial charge is 0.143 e. The van der Waals surface area contributed by atoms with E-state index in [2.05, 4.69) is 325 Å². The number of anilines is 6. The Hall–Kier alpha value is -11.3. The molecule has 91 heavy (non-hydrogen) atoms. The van der Waals surface area contributed by atoms with Crippen LogP contribution in [0.5, 0.6) is 11.5 Å². The summed E-state index contributed by atoms with van der Waals surface area (Å²) in [6, 6.07) is 116. The molecule has 0 atom stereocenters. The van der Waals surface area contributed by atoms with E-state index in [1.165, 1.54) is 68.2 Å². The Kier molecular flexibility index (Phi) is 11.6. The van der Waals surface area contributed by atoms with Gasteiger partial charge in [-0.05, 0) is 148 Å². The SMILES string of the molecule is c1ccc(-c2cc(N(c3ccccc3)c3ccc4c(c3)-c3cc(-c5cc6sc7ccccc7c6cc5N(c5ccccc5)c5ccc6sc7ccccc7c6c5-c5ccccc5)ccc3C43c4ccccc4Oc4ccccc43)cc3c2oc2ccccc23)cc1. The maximum atomic E-state index is 6.93. The van der Waals surface area contributed by atoms with Crippen LogP contribution in [0, 0.1) is 0 Å². The number of hydrogen-bond acceptors (Lipinski definition) is 6. The van der Waals surface area contributed by atoms with Gasteiger partial charge in [-0.25, -0.2) is 0 Å². The van der Waals surface area contributed by atoms with E-state index < -0.39 is 5.41 Å². The number of nitrogens with zero attached hydrogens (tertiary/aromatic N) is 2. The lowest BCUT2D eigenvalue weighted by atomic mass is 9.66. The van der Waals surface area contributed by atoms with Gasteiger partial charge >= 0.3 is 0 Å². The van der Waals surface area contributed by atoms with Crippen molar-refractivity contribution in [2.24, 2.45) is 0 Å². The van der Waals surface area contributed by atoms with Gasteiger partial charge in [-0.1, -0.05) is 206 Å². The molecule has 2 aliphatic rings. The summed E-state index contributed by atoms with van der Waals surface area (Å²) in [5, 5.41) is 7.14. The second kappa shape index (κ2) is 20.4. The molecule has 14 aromatic carbocycles. The molecular formula is C85H52N2O2S2. The Balaban J connectivity index is 0.897. The van der Waals surface area contributed by atoms with Gasteiger partial charge in [-0.2, -0.15) is 0 Å². The van der Waals surface area contributed by atoms with Crippen molar-refractivity contribution in [3.8, 4) is 56.0 Å². The van der Waals surface area contributed by atoms with Crippen molar-refractivity contribution in [2.45, 2.75) is 5.41 Å². The molecule has 1 aliphatic heterocycles. The molecule has 0 saturated heterocycles. The Morgan fingerprint density at radius 1 is 0.286 bits per heavy atom. The molecule has 426 valence electrons. The third-order valence-corrected chi connectivity index (χ3v) is 21.2. The maximum absolute atomic E-state index is 6.93. The molecule has 19 rings (SSSR count). The van der Waals surface area contributed by atoms with Crippen molar-refractivity contribution in [1.29, 1.82) is 0 Å². The Labute approximate surface area is 533 Å². The minimum atomic E-state index is -0.725. The summed E-state index contributed by atoms with van der Waals surface area (Å²) in [5.74, 6) is 1.71.